The number of phosphoric acid groups is 1. The van der Waals surface area contributed by atoms with Crippen LogP contribution in [-0.2, 0) is 18.3 Å². The van der Waals surface area contributed by atoms with E-state index in [2.05, 4.69) is 4.52 Å². The third-order valence-electron chi connectivity index (χ3n) is 2.16. The summed E-state index contributed by atoms with van der Waals surface area (Å²) in [6.45, 7) is 1.19. The van der Waals surface area contributed by atoms with E-state index >= 15 is 0 Å². The van der Waals surface area contributed by atoms with Crippen molar-refractivity contribution in [3.8, 4) is 0 Å². The summed E-state index contributed by atoms with van der Waals surface area (Å²) in [6, 6.07) is 0. The molecule has 0 aromatic rings. The number of methoxy groups -OCH3 is 1. The van der Waals surface area contributed by atoms with Gasteiger partial charge in [0.2, 0.25) is 0 Å². The Kier molecular flexibility index (Phi) is 9.12. The largest absolute Gasteiger partial charge is 0.756 e. The number of rotatable bonds is 10. The third-order valence-corrected chi connectivity index (χ3v) is 3.07. The molecular formula is C9H21NO5P-. The Balaban J connectivity index is 3.88. The summed E-state index contributed by atoms with van der Waals surface area (Å²) in [5.74, 6) is 0.0500. The molecule has 0 amide bonds. The van der Waals surface area contributed by atoms with Gasteiger partial charge in [0.1, 0.15) is 0 Å². The molecule has 0 aliphatic rings. The molecule has 0 fully saturated rings. The van der Waals surface area contributed by atoms with Crippen molar-refractivity contribution < 1.29 is 23.2 Å². The van der Waals surface area contributed by atoms with Gasteiger partial charge in [-0.2, -0.15) is 0 Å². The monoisotopic (exact) mass is 254 g/mol. The topological polar surface area (TPSA) is 93.8 Å². The minimum atomic E-state index is -4.12. The maximum atomic E-state index is 11.0. The molecule has 0 aromatic carbocycles. The molecule has 16 heavy (non-hydrogen) atoms. The number of hydrogen-bond donors (Lipinski definition) is 1. The Bertz CT molecular complexity index is 214. The Morgan fingerprint density at radius 1 is 1.31 bits per heavy atom. The summed E-state index contributed by atoms with van der Waals surface area (Å²) in [5.41, 5.74) is 5.38. The Morgan fingerprint density at radius 2 is 2.00 bits per heavy atom. The van der Waals surface area contributed by atoms with Crippen LogP contribution in [0, 0.1) is 5.92 Å². The normalized spacial score (nSPS) is 17.0. The number of unbranched alkanes of at least 4 members (excludes halogenated alkanes) is 1. The summed E-state index contributed by atoms with van der Waals surface area (Å²) in [5, 5.41) is 0. The average Bonchev–Trinajstić information content (AvgIpc) is 2.26. The molecule has 0 aliphatic heterocycles. The van der Waals surface area contributed by atoms with Crippen LogP contribution in [0.4, 0.5) is 0 Å². The zero-order valence-electron chi connectivity index (χ0n) is 9.89. The highest BCUT2D eigenvalue weighted by Gasteiger charge is 2.13. The third kappa shape index (κ3) is 8.21. The SMILES string of the molecule is COCC(CCCCN)COP(=O)([O-])OC. The lowest BCUT2D eigenvalue weighted by atomic mass is 10.0. The molecule has 0 saturated carbocycles. The van der Waals surface area contributed by atoms with Crippen LogP contribution in [0.5, 0.6) is 0 Å². The van der Waals surface area contributed by atoms with Gasteiger partial charge in [0.05, 0.1) is 13.2 Å². The quantitative estimate of drug-likeness (QED) is 0.451. The molecule has 2 atom stereocenters. The lowest BCUT2D eigenvalue weighted by Gasteiger charge is -2.23. The maximum absolute atomic E-state index is 11.0. The van der Waals surface area contributed by atoms with Gasteiger partial charge in [0.15, 0.2) is 0 Å². The van der Waals surface area contributed by atoms with Gasteiger partial charge >= 0.3 is 0 Å². The van der Waals surface area contributed by atoms with E-state index in [1.54, 1.807) is 7.11 Å². The van der Waals surface area contributed by atoms with Gasteiger partial charge in [-0.15, -0.1) is 0 Å². The average molecular weight is 254 g/mol. The number of phosphoric ester groups is 1. The molecule has 2 unspecified atom stereocenters. The standard InChI is InChI=1S/C9H22NO5P/c1-13-7-9(5-3-4-6-10)8-15-16(11,12)14-2/h9H,3-8,10H2,1-2H3,(H,11,12)/p-1. The van der Waals surface area contributed by atoms with Gasteiger partial charge in [-0.3, -0.25) is 4.57 Å². The van der Waals surface area contributed by atoms with Crippen molar-refractivity contribution in [3.63, 3.8) is 0 Å². The first-order valence-corrected chi connectivity index (χ1v) is 6.72. The van der Waals surface area contributed by atoms with E-state index < -0.39 is 7.82 Å². The highest BCUT2D eigenvalue weighted by atomic mass is 31.2. The van der Waals surface area contributed by atoms with E-state index in [1.165, 1.54) is 0 Å². The lowest BCUT2D eigenvalue weighted by Crippen LogP contribution is -2.18. The Hall–Kier alpha value is 0.0300. The molecule has 0 rings (SSSR count). The van der Waals surface area contributed by atoms with Crippen LogP contribution in [0.1, 0.15) is 19.3 Å². The van der Waals surface area contributed by atoms with Crippen molar-refractivity contribution >= 4 is 7.82 Å². The molecule has 6 nitrogen and oxygen atoms in total. The maximum Gasteiger partial charge on any atom is 0.267 e. The minimum absolute atomic E-state index is 0.0500. The number of hydrogen-bond acceptors (Lipinski definition) is 6. The van der Waals surface area contributed by atoms with Gasteiger partial charge in [-0.05, 0) is 19.4 Å². The van der Waals surface area contributed by atoms with Gasteiger partial charge in [0, 0.05) is 20.1 Å². The van der Waals surface area contributed by atoms with Gasteiger partial charge in [-0.1, -0.05) is 6.42 Å². The van der Waals surface area contributed by atoms with Crippen LogP contribution in [0.25, 0.3) is 0 Å². The van der Waals surface area contributed by atoms with E-state index in [-0.39, 0.29) is 12.5 Å². The lowest BCUT2D eigenvalue weighted by molar-refractivity contribution is -0.224. The van der Waals surface area contributed by atoms with E-state index in [4.69, 9.17) is 15.0 Å². The molecule has 2 N–H and O–H groups in total. The Labute approximate surface area is 96.7 Å². The minimum Gasteiger partial charge on any atom is -0.756 e. The zero-order chi connectivity index (χ0) is 12.4. The van der Waals surface area contributed by atoms with E-state index in [0.717, 1.165) is 26.4 Å². The summed E-state index contributed by atoms with van der Waals surface area (Å²) in [6.07, 6.45) is 2.68. The molecule has 7 heteroatoms. The van der Waals surface area contributed by atoms with Gasteiger partial charge in [-0.25, -0.2) is 0 Å². The van der Waals surface area contributed by atoms with Crippen LogP contribution in [0.3, 0.4) is 0 Å². The van der Waals surface area contributed by atoms with E-state index in [9.17, 15) is 9.46 Å². The first kappa shape index (κ1) is 16.0. The van der Waals surface area contributed by atoms with Crippen molar-refractivity contribution in [3.05, 3.63) is 0 Å². The molecule has 0 radical (unpaired) electrons. The number of ether oxygens (including phenoxy) is 1. The van der Waals surface area contributed by atoms with Crippen LogP contribution >= 0.6 is 7.82 Å². The molecule has 0 spiro atoms. The predicted molar refractivity (Wildman–Crippen MR) is 58.8 cm³/mol. The Morgan fingerprint density at radius 3 is 2.50 bits per heavy atom. The van der Waals surface area contributed by atoms with Crippen molar-refractivity contribution in [1.82, 2.24) is 0 Å². The molecule has 0 saturated heterocycles. The van der Waals surface area contributed by atoms with Crippen molar-refractivity contribution in [2.24, 2.45) is 11.7 Å². The van der Waals surface area contributed by atoms with Crippen LogP contribution in [-0.4, -0.2) is 34.0 Å². The fourth-order valence-electron chi connectivity index (χ4n) is 1.28. The van der Waals surface area contributed by atoms with Crippen LogP contribution in [0.2, 0.25) is 0 Å². The number of nitrogens with two attached hydrogens (primary N) is 1. The fraction of sp³-hybridized carbons (Fsp3) is 1.00. The summed E-state index contributed by atoms with van der Waals surface area (Å²) >= 11 is 0. The van der Waals surface area contributed by atoms with Gasteiger partial charge < -0.3 is 24.4 Å². The second-order valence-electron chi connectivity index (χ2n) is 3.53. The highest BCUT2D eigenvalue weighted by Crippen LogP contribution is 2.37. The van der Waals surface area contributed by atoms with Crippen LogP contribution in [0.15, 0.2) is 0 Å². The molecule has 0 aliphatic carbocycles. The second-order valence-corrected chi connectivity index (χ2v) is 5.05. The molecule has 0 heterocycles. The highest BCUT2D eigenvalue weighted by molar-refractivity contribution is 7.45. The van der Waals surface area contributed by atoms with Crippen molar-refractivity contribution in [2.75, 3.05) is 34.0 Å². The molecule has 0 aromatic heterocycles. The smallest absolute Gasteiger partial charge is 0.267 e. The zero-order valence-corrected chi connectivity index (χ0v) is 10.8. The fourth-order valence-corrected chi connectivity index (χ4v) is 1.78. The van der Waals surface area contributed by atoms with E-state index in [0.29, 0.717) is 13.2 Å². The van der Waals surface area contributed by atoms with Gasteiger partial charge in [0.25, 0.3) is 7.82 Å². The second kappa shape index (κ2) is 9.10. The molecular weight excluding hydrogens is 233 g/mol. The summed E-state index contributed by atoms with van der Waals surface area (Å²) in [7, 11) is -1.47. The summed E-state index contributed by atoms with van der Waals surface area (Å²) in [4.78, 5) is 11.0. The molecule has 98 valence electrons. The summed E-state index contributed by atoms with van der Waals surface area (Å²) < 4.78 is 24.8. The first-order chi connectivity index (χ1) is 7.55. The predicted octanol–water partition coefficient (Wildman–Crippen LogP) is 0.509. The first-order valence-electron chi connectivity index (χ1n) is 5.26. The van der Waals surface area contributed by atoms with Crippen LogP contribution < -0.4 is 10.6 Å². The van der Waals surface area contributed by atoms with Crippen molar-refractivity contribution in [1.29, 1.82) is 0 Å². The van der Waals surface area contributed by atoms with Crippen molar-refractivity contribution in [2.45, 2.75) is 19.3 Å². The molecule has 0 bridgehead atoms. The van der Waals surface area contributed by atoms with E-state index in [1.807, 2.05) is 0 Å².